The number of phenols is 3. The van der Waals surface area contributed by atoms with E-state index in [2.05, 4.69) is 15.8 Å². The number of aromatic hydroxyl groups is 3. The van der Waals surface area contributed by atoms with E-state index in [1.165, 1.54) is 53.2 Å². The van der Waals surface area contributed by atoms with Crippen LogP contribution in [0.3, 0.4) is 0 Å². The van der Waals surface area contributed by atoms with Crippen LogP contribution >= 0.6 is 0 Å². The van der Waals surface area contributed by atoms with Crippen LogP contribution in [0, 0.1) is 30.6 Å². The van der Waals surface area contributed by atoms with E-state index in [1.807, 2.05) is 0 Å². The third-order valence-corrected chi connectivity index (χ3v) is 10.5. The third kappa shape index (κ3) is 8.48. The van der Waals surface area contributed by atoms with Crippen molar-refractivity contribution in [2.24, 2.45) is 28.8 Å². The van der Waals surface area contributed by atoms with Crippen LogP contribution in [0.15, 0.2) is 41.2 Å². The number of ether oxygens (including phenoxy) is 4. The second kappa shape index (κ2) is 17.7. The number of anilines is 1. The zero-order valence-corrected chi connectivity index (χ0v) is 33.0. The summed E-state index contributed by atoms with van der Waals surface area (Å²) in [6.45, 7) is 12.1. The molecule has 0 saturated heterocycles. The lowest BCUT2D eigenvalue weighted by Crippen LogP contribution is -2.46. The number of aliphatic hydroxyl groups is 3. The average Bonchev–Trinajstić information content (AvgIpc) is 3.42. The van der Waals surface area contributed by atoms with Gasteiger partial charge in [-0.15, -0.1) is 0 Å². The van der Waals surface area contributed by atoms with Crippen LogP contribution in [0.25, 0.3) is 10.8 Å². The molecular formula is C40H53N3O13. The number of benzene rings is 2. The number of hydrogen-bond donors (Lipinski definition) is 8. The van der Waals surface area contributed by atoms with Gasteiger partial charge in [-0.3, -0.25) is 14.4 Å². The first-order chi connectivity index (χ1) is 26.3. The van der Waals surface area contributed by atoms with Crippen molar-refractivity contribution < 1.29 is 64.0 Å². The lowest BCUT2D eigenvalue weighted by atomic mass is 9.78. The number of hydrogen-bond acceptors (Lipinski definition) is 15. The normalized spacial score (nSPS) is 31.0. The Bertz CT molecular complexity index is 1960. The fourth-order valence-electron chi connectivity index (χ4n) is 7.10. The lowest BCUT2D eigenvalue weighted by molar-refractivity contribution is -0.160. The van der Waals surface area contributed by atoms with E-state index < -0.39 is 88.8 Å². The number of amides is 1. The molecule has 16 heteroatoms. The molecule has 0 saturated carbocycles. The largest absolute Gasteiger partial charge is 0.507 e. The molecule has 1 amide bonds. The molecule has 5 rings (SSSR count). The molecule has 0 radical (unpaired) electrons. The molecule has 16 nitrogen and oxygen atoms in total. The number of fused-ring (bicyclic) bond motifs is 14. The van der Waals surface area contributed by atoms with Crippen LogP contribution < -0.4 is 15.5 Å². The average molecular weight is 784 g/mol. The first kappa shape index (κ1) is 43.6. The molecule has 5 bridgehead atoms. The van der Waals surface area contributed by atoms with E-state index >= 15 is 0 Å². The first-order valence-corrected chi connectivity index (χ1v) is 18.3. The number of rotatable bonds is 6. The van der Waals surface area contributed by atoms with Crippen molar-refractivity contribution in [2.45, 2.75) is 85.6 Å². The molecule has 9 unspecified atom stereocenters. The predicted molar refractivity (Wildman–Crippen MR) is 206 cm³/mol. The van der Waals surface area contributed by atoms with Crippen molar-refractivity contribution in [3.05, 3.63) is 52.8 Å². The van der Waals surface area contributed by atoms with Crippen LogP contribution in [-0.4, -0.2) is 105 Å². The number of nitrogens with one attached hydrogen (secondary N) is 2. The summed E-state index contributed by atoms with van der Waals surface area (Å²) in [4.78, 5) is 40.1. The van der Waals surface area contributed by atoms with Crippen LogP contribution in [-0.2, 0) is 23.8 Å². The molecule has 2 aromatic rings. The minimum absolute atomic E-state index is 0.0209. The number of esters is 1. The summed E-state index contributed by atoms with van der Waals surface area (Å²) in [5, 5.41) is 72.8. The Morgan fingerprint density at radius 3 is 2.30 bits per heavy atom. The Balaban J connectivity index is 1.97. The molecule has 0 fully saturated rings. The molecule has 0 spiro atoms. The summed E-state index contributed by atoms with van der Waals surface area (Å²) in [5.41, 5.74) is 1.87. The van der Waals surface area contributed by atoms with Crippen molar-refractivity contribution in [1.82, 2.24) is 5.43 Å². The molecule has 8 N–H and O–H groups in total. The summed E-state index contributed by atoms with van der Waals surface area (Å²) in [5.74, 6) is -8.76. The number of carbonyl (C=O) groups is 3. The topological polar surface area (TPSA) is 246 Å². The van der Waals surface area contributed by atoms with Crippen molar-refractivity contribution in [3.8, 4) is 23.0 Å². The number of allylic oxidation sites excluding steroid dienone is 2. The van der Waals surface area contributed by atoms with E-state index in [-0.39, 0.29) is 57.6 Å². The zero-order valence-electron chi connectivity index (χ0n) is 33.0. The molecule has 3 heterocycles. The number of carbonyl (C=O) groups excluding carboxylic acids is 3. The molecule has 0 aliphatic carbocycles. The Labute approximate surface area is 325 Å². The second-order valence-corrected chi connectivity index (χ2v) is 14.5. The van der Waals surface area contributed by atoms with Crippen LogP contribution in [0.1, 0.15) is 70.0 Å². The van der Waals surface area contributed by atoms with Crippen molar-refractivity contribution in [1.29, 1.82) is 0 Å². The maximum Gasteiger partial charge on any atom is 0.312 e. The number of nitrogens with zero attached hydrogens (tertiary/aromatic N) is 1. The summed E-state index contributed by atoms with van der Waals surface area (Å²) in [7, 11) is 1.42. The number of phenolic OH excluding ortho intramolecular Hbond substituents is 3. The fraction of sp³-hybridized carbons (Fsp3) is 0.500. The highest BCUT2D eigenvalue weighted by atomic mass is 16.7. The molecular weight excluding hydrogens is 730 g/mol. The molecule has 3 aliphatic rings. The molecule has 9 atom stereocenters. The highest BCUT2D eigenvalue weighted by molar-refractivity contribution is 6.23. The Morgan fingerprint density at radius 1 is 1.00 bits per heavy atom. The molecule has 2 aromatic carbocycles. The summed E-state index contributed by atoms with van der Waals surface area (Å²) < 4.78 is 23.4. The minimum atomic E-state index is -2.07. The third-order valence-electron chi connectivity index (χ3n) is 10.5. The summed E-state index contributed by atoms with van der Waals surface area (Å²) >= 11 is 0. The van der Waals surface area contributed by atoms with Crippen molar-refractivity contribution in [2.75, 3.05) is 25.6 Å². The monoisotopic (exact) mass is 783 g/mol. The number of methoxy groups -OCH3 is 1. The van der Waals surface area contributed by atoms with Gasteiger partial charge in [-0.2, -0.15) is 5.10 Å². The summed E-state index contributed by atoms with van der Waals surface area (Å²) in [6, 6.07) is 0. The minimum Gasteiger partial charge on any atom is -0.507 e. The smallest absolute Gasteiger partial charge is 0.312 e. The fourth-order valence-corrected chi connectivity index (χ4v) is 7.10. The second-order valence-electron chi connectivity index (χ2n) is 14.5. The Hall–Kier alpha value is -5.16. The number of ketones is 1. The SMILES string of the molecule is COC1/C=C\OC2(C)Oc3c(C)c(O)c4c(O)c(c(/C=N\NCCO)c(O)c4c3C2=O)NC(=O)/C(C)=C\C=C/C(C)C(O)C(C)C(O)C(C)C(OC(C)=O)C1C. The standard InChI is InChI=1S/C40H53N3O13/c1-18-11-10-12-19(2)39(52)43-30-25(17-42-41-14-15-44)34(49)27-28(35(30)50)33(48)23(6)37-29(27)38(51)40(8,56-37)54-16-13-26(53-9)20(3)36(55-24(7)45)22(5)32(47)21(4)31(18)46/h10-13,16-18,20-22,26,31-32,36,41,44,46-50H,14-15H2,1-9H3,(H,43,52)/b11-10-,16-13-,19-12-,42-17-. The summed E-state index contributed by atoms with van der Waals surface area (Å²) in [6.07, 6.45) is 4.42. The van der Waals surface area contributed by atoms with Crippen molar-refractivity contribution >= 4 is 40.3 Å². The van der Waals surface area contributed by atoms with E-state index in [0.717, 1.165) is 6.21 Å². The van der Waals surface area contributed by atoms with Gasteiger partial charge < -0.3 is 60.3 Å². The Kier molecular flexibility index (Phi) is 13.8. The van der Waals surface area contributed by atoms with Gasteiger partial charge in [0, 0.05) is 61.2 Å². The van der Waals surface area contributed by atoms with Gasteiger partial charge in [-0.05, 0) is 19.9 Å². The van der Waals surface area contributed by atoms with E-state index in [0.29, 0.717) is 0 Å². The van der Waals surface area contributed by atoms with Gasteiger partial charge in [0.25, 0.3) is 11.7 Å². The van der Waals surface area contributed by atoms with Crippen molar-refractivity contribution in [3.63, 3.8) is 0 Å². The first-order valence-electron chi connectivity index (χ1n) is 18.3. The predicted octanol–water partition coefficient (Wildman–Crippen LogP) is 3.67. The van der Waals surface area contributed by atoms with Gasteiger partial charge in [0.2, 0.25) is 0 Å². The van der Waals surface area contributed by atoms with E-state index in [4.69, 9.17) is 18.9 Å². The van der Waals surface area contributed by atoms with E-state index in [1.54, 1.807) is 39.8 Å². The highest BCUT2D eigenvalue weighted by Crippen LogP contribution is 2.55. The van der Waals surface area contributed by atoms with Gasteiger partial charge >= 0.3 is 11.8 Å². The van der Waals surface area contributed by atoms with Crippen LogP contribution in [0.2, 0.25) is 0 Å². The van der Waals surface area contributed by atoms with Gasteiger partial charge in [0.05, 0.1) is 66.1 Å². The van der Waals surface area contributed by atoms with Gasteiger partial charge in [0.1, 0.15) is 23.4 Å². The number of Topliss-reactive ketones (excluding diaryl/α,β-unsaturated/α-hetero) is 1. The molecule has 306 valence electrons. The number of hydrazone groups is 1. The number of aliphatic hydroxyl groups excluding tert-OH is 3. The Morgan fingerprint density at radius 2 is 1.68 bits per heavy atom. The zero-order chi connectivity index (χ0) is 41.8. The maximum atomic E-state index is 14.3. The molecule has 3 aliphatic heterocycles. The van der Waals surface area contributed by atoms with E-state index in [9.17, 15) is 45.0 Å². The maximum absolute atomic E-state index is 14.3. The van der Waals surface area contributed by atoms with Crippen LogP contribution in [0.5, 0.6) is 23.0 Å². The highest BCUT2D eigenvalue weighted by Gasteiger charge is 2.50. The molecule has 0 aromatic heterocycles. The van der Waals surface area contributed by atoms with Gasteiger partial charge in [0.15, 0.2) is 5.75 Å². The van der Waals surface area contributed by atoms with Gasteiger partial charge in [-0.25, -0.2) is 0 Å². The van der Waals surface area contributed by atoms with Gasteiger partial charge in [-0.1, -0.05) is 45.9 Å². The molecule has 56 heavy (non-hydrogen) atoms. The lowest BCUT2D eigenvalue weighted by Gasteiger charge is -2.38. The quantitative estimate of drug-likeness (QED) is 0.0521. The van der Waals surface area contributed by atoms with Crippen LogP contribution in [0.4, 0.5) is 5.69 Å².